The van der Waals surface area contributed by atoms with Gasteiger partial charge in [-0.1, -0.05) is 48.5 Å². The molecule has 0 spiro atoms. The molecule has 1 aromatic heterocycles. The first-order valence-corrected chi connectivity index (χ1v) is 32.0. The third kappa shape index (κ3) is 29.0. The molecule has 1 heterocycles. The normalized spacial score (nSPS) is 11.7. The number of aromatic carboxylic acids is 5. The minimum Gasteiger partial charge on any atom is -0.481 e. The molecular formula is C63H73NO21S6. The van der Waals surface area contributed by atoms with Gasteiger partial charge >= 0.3 is 59.7 Å². The molecule has 4 unspecified atom stereocenters. The number of nitrogens with zero attached hydrogens (tertiary/aromatic N) is 1. The number of fused-ring (bicyclic) bond motifs is 1. The van der Waals surface area contributed by atoms with Gasteiger partial charge in [-0.15, -0.1) is 11.8 Å². The summed E-state index contributed by atoms with van der Waals surface area (Å²) in [6.07, 6.45) is 4.67. The van der Waals surface area contributed by atoms with Crippen molar-refractivity contribution >= 4 is 146 Å². The highest BCUT2D eigenvalue weighted by molar-refractivity contribution is 8.00. The molecule has 5 aromatic carbocycles. The molecule has 0 bridgehead atoms. The lowest BCUT2D eigenvalue weighted by molar-refractivity contribution is -0.146. The number of para-hydroxylation sites is 1. The lowest BCUT2D eigenvalue weighted by Gasteiger charge is -2.14. The van der Waals surface area contributed by atoms with E-state index < -0.39 is 82.9 Å². The second-order valence-electron chi connectivity index (χ2n) is 19.5. The Kier molecular flexibility index (Phi) is 37.6. The zero-order valence-corrected chi connectivity index (χ0v) is 54.2. The number of carboxylic acid groups (broad SMARTS) is 10. The van der Waals surface area contributed by atoms with E-state index in [2.05, 4.69) is 63.1 Å². The largest absolute Gasteiger partial charge is 0.481 e. The van der Waals surface area contributed by atoms with Crippen LogP contribution in [0.2, 0.25) is 0 Å². The SMILES string of the molecule is O=C(O)CCC(CCCS)C(=O)O.O=C(O)c1cccc(-n2c(C(=O)O)c(CCS)c3ccccc32)c1.O=C(O)c1cccc(CC(CCCS)C(=O)O)c1.O=C(O)c1cccc(OC(CCCS)C(=O)O)c1.O=C(O)c1cccc(SC(CCCS)C(=O)O)c1. The predicted molar refractivity (Wildman–Crippen MR) is 359 cm³/mol. The highest BCUT2D eigenvalue weighted by Crippen LogP contribution is 2.32. The molecule has 10 N–H and O–H groups in total. The van der Waals surface area contributed by atoms with Crippen LogP contribution >= 0.6 is 74.9 Å². The number of carboxylic acids is 10. The monoisotopic (exact) mass is 1370 g/mol. The van der Waals surface area contributed by atoms with Gasteiger partial charge < -0.3 is 60.4 Å². The number of aliphatic carboxylic acids is 5. The van der Waals surface area contributed by atoms with E-state index in [0.717, 1.165) is 22.9 Å². The first-order chi connectivity index (χ1) is 43.2. The number of hydrogen-bond acceptors (Lipinski definition) is 17. The van der Waals surface area contributed by atoms with Crippen LogP contribution in [0.15, 0.2) is 126 Å². The summed E-state index contributed by atoms with van der Waals surface area (Å²) >= 11 is 21.5. The van der Waals surface area contributed by atoms with E-state index in [1.165, 1.54) is 72.4 Å². The molecule has 0 fully saturated rings. The molecule has 0 aliphatic heterocycles. The third-order valence-electron chi connectivity index (χ3n) is 12.9. The number of benzene rings is 5. The summed E-state index contributed by atoms with van der Waals surface area (Å²) in [6, 6.07) is 32.1. The summed E-state index contributed by atoms with van der Waals surface area (Å²) in [5, 5.41) is 90.0. The summed E-state index contributed by atoms with van der Waals surface area (Å²) in [4.78, 5) is 110. The number of carbonyl (C=O) groups is 10. The Morgan fingerprint density at radius 1 is 0.451 bits per heavy atom. The minimum absolute atomic E-state index is 0.0610. The van der Waals surface area contributed by atoms with Gasteiger partial charge in [-0.25, -0.2) is 28.8 Å². The molecular weight excluding hydrogens is 1300 g/mol. The highest BCUT2D eigenvalue weighted by atomic mass is 32.2. The van der Waals surface area contributed by atoms with Crippen molar-refractivity contribution in [2.24, 2.45) is 11.8 Å². The average molecular weight is 1370 g/mol. The van der Waals surface area contributed by atoms with Gasteiger partial charge in [0.1, 0.15) is 16.7 Å². The second-order valence-corrected chi connectivity index (χ2v) is 23.1. The van der Waals surface area contributed by atoms with Gasteiger partial charge in [-0.3, -0.25) is 19.2 Å². The Morgan fingerprint density at radius 2 is 0.945 bits per heavy atom. The average Bonchev–Trinajstić information content (AvgIpc) is 1.61. The molecule has 0 aliphatic rings. The van der Waals surface area contributed by atoms with Crippen LogP contribution in [0.1, 0.15) is 127 Å². The Hall–Kier alpha value is -7.76. The predicted octanol–water partition coefficient (Wildman–Crippen LogP) is 11.7. The van der Waals surface area contributed by atoms with E-state index in [1.54, 1.807) is 41.0 Å². The van der Waals surface area contributed by atoms with Gasteiger partial charge in [0, 0.05) is 22.4 Å². The number of aryl methyl sites for hydroxylation is 1. The lowest BCUT2D eigenvalue weighted by Crippen LogP contribution is -2.27. The van der Waals surface area contributed by atoms with Crippen molar-refractivity contribution in [2.45, 2.75) is 93.3 Å². The second kappa shape index (κ2) is 43.1. The molecule has 0 saturated carbocycles. The fourth-order valence-corrected chi connectivity index (χ4v) is 10.5. The smallest absolute Gasteiger partial charge is 0.353 e. The summed E-state index contributed by atoms with van der Waals surface area (Å²) in [5.41, 5.74) is 3.35. The van der Waals surface area contributed by atoms with E-state index in [9.17, 15) is 58.2 Å². The summed E-state index contributed by atoms with van der Waals surface area (Å²) < 4.78 is 6.87. The van der Waals surface area contributed by atoms with Gasteiger partial charge in [-0.2, -0.15) is 63.1 Å². The zero-order chi connectivity index (χ0) is 68.2. The van der Waals surface area contributed by atoms with Gasteiger partial charge in [0.15, 0.2) is 6.10 Å². The van der Waals surface area contributed by atoms with E-state index >= 15 is 0 Å². The Bertz CT molecular complexity index is 3200. The molecule has 4 atom stereocenters. The fraction of sp³-hybridized carbons (Fsp3) is 0.333. The Balaban J connectivity index is 0.000000393. The molecule has 28 heteroatoms. The highest BCUT2D eigenvalue weighted by Gasteiger charge is 2.25. The summed E-state index contributed by atoms with van der Waals surface area (Å²) in [5.74, 6) is -7.64. The zero-order valence-electron chi connectivity index (χ0n) is 48.9. The lowest BCUT2D eigenvalue weighted by atomic mass is 9.94. The number of ether oxygens (including phenoxy) is 1. The summed E-state index contributed by atoms with van der Waals surface area (Å²) in [6.45, 7) is 0. The van der Waals surface area contributed by atoms with Crippen molar-refractivity contribution in [2.75, 3.05) is 28.8 Å². The molecule has 492 valence electrons. The Morgan fingerprint density at radius 3 is 1.46 bits per heavy atom. The van der Waals surface area contributed by atoms with Crippen LogP contribution in [0.4, 0.5) is 0 Å². The van der Waals surface area contributed by atoms with Crippen molar-refractivity contribution in [1.82, 2.24) is 4.57 Å². The number of thioether (sulfide) groups is 1. The van der Waals surface area contributed by atoms with Gasteiger partial charge in [-0.05, 0) is 183 Å². The maximum atomic E-state index is 11.9. The van der Waals surface area contributed by atoms with Gasteiger partial charge in [0.05, 0.1) is 39.6 Å². The third-order valence-corrected chi connectivity index (χ3v) is 15.6. The molecule has 0 saturated heterocycles. The van der Waals surface area contributed by atoms with E-state index in [4.69, 9.17) is 45.6 Å². The van der Waals surface area contributed by atoms with E-state index in [-0.39, 0.29) is 46.5 Å². The topological polar surface area (TPSA) is 387 Å². The molecule has 0 aliphatic carbocycles. The number of aromatic nitrogens is 1. The first kappa shape index (κ1) is 79.3. The quantitative estimate of drug-likeness (QED) is 0.0134. The van der Waals surface area contributed by atoms with Crippen LogP contribution in [0, 0.1) is 11.8 Å². The van der Waals surface area contributed by atoms with E-state index in [0.29, 0.717) is 103 Å². The van der Waals surface area contributed by atoms with Crippen LogP contribution in [-0.2, 0) is 36.8 Å². The van der Waals surface area contributed by atoms with Crippen LogP contribution in [0.25, 0.3) is 16.6 Å². The first-order valence-electron chi connectivity index (χ1n) is 27.9. The van der Waals surface area contributed by atoms with Crippen molar-refractivity contribution < 1.29 is 104 Å². The molecule has 6 rings (SSSR count). The minimum atomic E-state index is -1.08. The number of hydrogen-bond donors (Lipinski definition) is 15. The van der Waals surface area contributed by atoms with Crippen molar-refractivity contribution in [3.8, 4) is 11.4 Å². The fourth-order valence-electron chi connectivity index (χ4n) is 8.49. The van der Waals surface area contributed by atoms with Crippen molar-refractivity contribution in [1.29, 1.82) is 0 Å². The van der Waals surface area contributed by atoms with Crippen molar-refractivity contribution in [3.63, 3.8) is 0 Å². The standard InChI is InChI=1S/C18H15NO4S.C13H16O4S.C12H14O5S.C12H14O4S2.C8H14O4S/c20-17(21)11-4-3-5-12(10-11)19-15-7-2-1-6-13(15)14(8-9-24)16(19)18(22)23;14-12(15)10-4-1-3-9(7-10)8-11(13(16)17)5-2-6-18;13-11(14)8-3-1-4-9(7-8)17-10(12(15)16)5-2-6-18;13-11(14)8-3-1-4-9(7-8)18-10(12(15)16)5-2-6-17;9-7(10)4-3-6(8(11)12)2-1-5-13/h1-7,10,24H,8-9H2,(H,20,21)(H,22,23);1,3-4,7,11,18H,2,5-6,8H2,(H,14,15)(H,16,17);1,3-4,7,10,18H,2,5-6H2,(H,13,14)(H,15,16);1,3-4,7,10,17H,2,5-6H2,(H,13,14)(H,15,16);6,13H,1-5H2,(H,9,10)(H,11,12). The molecule has 0 amide bonds. The number of rotatable bonds is 33. The summed E-state index contributed by atoms with van der Waals surface area (Å²) in [7, 11) is 0. The van der Waals surface area contributed by atoms with Crippen LogP contribution < -0.4 is 4.74 Å². The maximum absolute atomic E-state index is 11.9. The maximum Gasteiger partial charge on any atom is 0.353 e. The van der Waals surface area contributed by atoms with Crippen LogP contribution in [0.5, 0.6) is 5.75 Å². The van der Waals surface area contributed by atoms with Gasteiger partial charge in [0.2, 0.25) is 0 Å². The molecule has 0 radical (unpaired) electrons. The number of thiol groups is 5. The molecule has 22 nitrogen and oxygen atoms in total. The van der Waals surface area contributed by atoms with Crippen LogP contribution in [-0.4, -0.2) is 155 Å². The van der Waals surface area contributed by atoms with Gasteiger partial charge in [0.25, 0.3) is 0 Å². The molecule has 91 heavy (non-hydrogen) atoms. The Labute approximate surface area is 556 Å². The van der Waals surface area contributed by atoms with Crippen LogP contribution in [0.3, 0.4) is 0 Å². The van der Waals surface area contributed by atoms with Crippen molar-refractivity contribution in [3.05, 3.63) is 160 Å². The van der Waals surface area contributed by atoms with E-state index in [1.807, 2.05) is 24.3 Å². The molecule has 6 aromatic rings.